The quantitative estimate of drug-likeness (QED) is 0.836. The van der Waals surface area contributed by atoms with E-state index in [1.807, 2.05) is 13.1 Å². The molecule has 0 bridgehead atoms. The summed E-state index contributed by atoms with van der Waals surface area (Å²) >= 11 is 0. The van der Waals surface area contributed by atoms with Crippen LogP contribution in [0.4, 0.5) is 0 Å². The first-order valence-electron chi connectivity index (χ1n) is 4.92. The van der Waals surface area contributed by atoms with E-state index in [0.717, 1.165) is 5.56 Å². The smallest absolute Gasteiger partial charge is 0.338 e. The molecule has 2 aromatic heterocycles. The fraction of sp³-hybridized carbons (Fsp3) is 0.167. The van der Waals surface area contributed by atoms with Crippen molar-refractivity contribution in [2.24, 2.45) is 7.05 Å². The Morgan fingerprint density at radius 2 is 2.19 bits per heavy atom. The third kappa shape index (κ3) is 1.58. The number of pyridine rings is 1. The van der Waals surface area contributed by atoms with Gasteiger partial charge in [0.25, 0.3) is 0 Å². The molecule has 0 unspecified atom stereocenters. The number of aromatic nitrogens is 2. The zero-order valence-corrected chi connectivity index (χ0v) is 9.14. The Morgan fingerprint density at radius 3 is 2.75 bits per heavy atom. The number of carboxylic acid groups (broad SMARTS) is 1. The monoisotopic (exact) mass is 216 g/mol. The van der Waals surface area contributed by atoms with Crippen LogP contribution in [0.1, 0.15) is 15.9 Å². The largest absolute Gasteiger partial charge is 0.478 e. The lowest BCUT2D eigenvalue weighted by atomic mass is 10.1. The maximum atomic E-state index is 11.2. The minimum atomic E-state index is -0.918. The first-order chi connectivity index (χ1) is 7.61. The van der Waals surface area contributed by atoms with Crippen LogP contribution in [0.15, 0.2) is 30.6 Å². The van der Waals surface area contributed by atoms with Crippen LogP contribution in [-0.2, 0) is 7.05 Å². The molecule has 0 amide bonds. The van der Waals surface area contributed by atoms with Gasteiger partial charge < -0.3 is 9.67 Å². The van der Waals surface area contributed by atoms with Crippen molar-refractivity contribution in [3.05, 3.63) is 41.7 Å². The summed E-state index contributed by atoms with van der Waals surface area (Å²) in [6.45, 7) is 1.79. The zero-order valence-electron chi connectivity index (χ0n) is 9.14. The summed E-state index contributed by atoms with van der Waals surface area (Å²) in [6, 6.07) is 5.46. The van der Waals surface area contributed by atoms with Gasteiger partial charge in [-0.25, -0.2) is 4.79 Å². The Balaban J connectivity index is 2.69. The van der Waals surface area contributed by atoms with Crippen LogP contribution in [0.3, 0.4) is 0 Å². The van der Waals surface area contributed by atoms with Crippen LogP contribution < -0.4 is 0 Å². The van der Waals surface area contributed by atoms with Gasteiger partial charge in [0.1, 0.15) is 0 Å². The first kappa shape index (κ1) is 10.4. The molecule has 1 N–H and O–H groups in total. The molecule has 0 saturated carbocycles. The lowest BCUT2D eigenvalue weighted by Gasteiger charge is -2.04. The molecular formula is C12H12N2O2. The molecule has 2 aromatic rings. The fourth-order valence-corrected chi connectivity index (χ4v) is 1.86. The summed E-state index contributed by atoms with van der Waals surface area (Å²) in [6.07, 6.45) is 3.46. The molecule has 0 aromatic carbocycles. The summed E-state index contributed by atoms with van der Waals surface area (Å²) < 4.78 is 1.79. The summed E-state index contributed by atoms with van der Waals surface area (Å²) in [4.78, 5) is 15.4. The standard InChI is InChI=1S/C12H12N2O2/c1-8-7-14(2)11(10(8)12(15)16)9-5-3-4-6-13-9/h3-7H,1-2H3,(H,15,16). The van der Waals surface area contributed by atoms with Crippen LogP contribution in [0.5, 0.6) is 0 Å². The highest BCUT2D eigenvalue weighted by molar-refractivity contribution is 5.96. The Bertz CT molecular complexity index is 529. The molecule has 82 valence electrons. The fourth-order valence-electron chi connectivity index (χ4n) is 1.86. The number of carboxylic acids is 1. The van der Waals surface area contributed by atoms with Gasteiger partial charge in [0.2, 0.25) is 0 Å². The number of rotatable bonds is 2. The van der Waals surface area contributed by atoms with Crippen molar-refractivity contribution < 1.29 is 9.90 Å². The van der Waals surface area contributed by atoms with Crippen LogP contribution in [0, 0.1) is 6.92 Å². The molecule has 0 radical (unpaired) electrons. The Morgan fingerprint density at radius 1 is 1.44 bits per heavy atom. The molecular weight excluding hydrogens is 204 g/mol. The van der Waals surface area contributed by atoms with Gasteiger partial charge in [0, 0.05) is 19.4 Å². The maximum Gasteiger partial charge on any atom is 0.338 e. The Kier molecular flexibility index (Phi) is 2.48. The SMILES string of the molecule is Cc1cn(C)c(-c2ccccn2)c1C(=O)O. The molecule has 4 heteroatoms. The van der Waals surface area contributed by atoms with Crippen molar-refractivity contribution in [3.8, 4) is 11.4 Å². The highest BCUT2D eigenvalue weighted by Gasteiger charge is 2.19. The molecule has 0 spiro atoms. The number of aryl methyl sites for hydroxylation is 2. The molecule has 0 fully saturated rings. The predicted octanol–water partition coefficient (Wildman–Crippen LogP) is 2.09. The molecule has 0 aliphatic rings. The number of hydrogen-bond donors (Lipinski definition) is 1. The Hall–Kier alpha value is -2.10. The number of nitrogens with zero attached hydrogens (tertiary/aromatic N) is 2. The lowest BCUT2D eigenvalue weighted by molar-refractivity contribution is 0.0697. The minimum absolute atomic E-state index is 0.321. The van der Waals surface area contributed by atoms with Crippen molar-refractivity contribution in [1.29, 1.82) is 0 Å². The van der Waals surface area contributed by atoms with E-state index < -0.39 is 5.97 Å². The average Bonchev–Trinajstić information content (AvgIpc) is 2.55. The normalized spacial score (nSPS) is 10.4. The van der Waals surface area contributed by atoms with E-state index in [0.29, 0.717) is 17.0 Å². The van der Waals surface area contributed by atoms with E-state index in [4.69, 9.17) is 0 Å². The number of hydrogen-bond acceptors (Lipinski definition) is 2. The van der Waals surface area contributed by atoms with E-state index in [-0.39, 0.29) is 0 Å². The zero-order chi connectivity index (χ0) is 11.7. The maximum absolute atomic E-state index is 11.2. The van der Waals surface area contributed by atoms with E-state index in [9.17, 15) is 9.90 Å². The van der Waals surface area contributed by atoms with Gasteiger partial charge in [0.05, 0.1) is 17.0 Å². The molecule has 4 nitrogen and oxygen atoms in total. The second kappa shape index (κ2) is 3.81. The third-order valence-corrected chi connectivity index (χ3v) is 2.49. The van der Waals surface area contributed by atoms with Gasteiger partial charge in [-0.15, -0.1) is 0 Å². The van der Waals surface area contributed by atoms with Gasteiger partial charge in [-0.05, 0) is 24.6 Å². The molecule has 2 heterocycles. The molecule has 0 atom stereocenters. The van der Waals surface area contributed by atoms with Crippen LogP contribution in [0.25, 0.3) is 11.4 Å². The van der Waals surface area contributed by atoms with Crippen molar-refractivity contribution >= 4 is 5.97 Å². The summed E-state index contributed by atoms with van der Waals surface area (Å²) in [5, 5.41) is 9.18. The summed E-state index contributed by atoms with van der Waals surface area (Å²) in [5.41, 5.74) is 2.39. The van der Waals surface area contributed by atoms with E-state index in [1.165, 1.54) is 0 Å². The Labute approximate surface area is 93.2 Å². The second-order valence-corrected chi connectivity index (χ2v) is 3.67. The van der Waals surface area contributed by atoms with Crippen molar-refractivity contribution in [1.82, 2.24) is 9.55 Å². The van der Waals surface area contributed by atoms with E-state index >= 15 is 0 Å². The van der Waals surface area contributed by atoms with Gasteiger partial charge in [-0.3, -0.25) is 4.98 Å². The third-order valence-electron chi connectivity index (χ3n) is 2.49. The number of carbonyl (C=O) groups is 1. The van der Waals surface area contributed by atoms with Crippen molar-refractivity contribution in [3.63, 3.8) is 0 Å². The average molecular weight is 216 g/mol. The minimum Gasteiger partial charge on any atom is -0.478 e. The van der Waals surface area contributed by atoms with Gasteiger partial charge in [0.15, 0.2) is 0 Å². The molecule has 2 rings (SSSR count). The highest BCUT2D eigenvalue weighted by atomic mass is 16.4. The highest BCUT2D eigenvalue weighted by Crippen LogP contribution is 2.25. The summed E-state index contributed by atoms with van der Waals surface area (Å²) in [5.74, 6) is -0.918. The van der Waals surface area contributed by atoms with Gasteiger partial charge in [-0.2, -0.15) is 0 Å². The topological polar surface area (TPSA) is 55.1 Å². The van der Waals surface area contributed by atoms with Crippen LogP contribution >= 0.6 is 0 Å². The summed E-state index contributed by atoms with van der Waals surface area (Å²) in [7, 11) is 1.82. The van der Waals surface area contributed by atoms with Gasteiger partial charge >= 0.3 is 5.97 Å². The van der Waals surface area contributed by atoms with Crippen molar-refractivity contribution in [2.75, 3.05) is 0 Å². The predicted molar refractivity (Wildman–Crippen MR) is 60.3 cm³/mol. The second-order valence-electron chi connectivity index (χ2n) is 3.67. The van der Waals surface area contributed by atoms with Crippen LogP contribution in [0.2, 0.25) is 0 Å². The van der Waals surface area contributed by atoms with E-state index in [1.54, 1.807) is 36.0 Å². The molecule has 16 heavy (non-hydrogen) atoms. The number of aromatic carboxylic acids is 1. The molecule has 0 aliphatic carbocycles. The molecule has 0 saturated heterocycles. The van der Waals surface area contributed by atoms with Crippen LogP contribution in [-0.4, -0.2) is 20.6 Å². The van der Waals surface area contributed by atoms with E-state index in [2.05, 4.69) is 4.98 Å². The van der Waals surface area contributed by atoms with Gasteiger partial charge in [-0.1, -0.05) is 6.07 Å². The lowest BCUT2D eigenvalue weighted by Crippen LogP contribution is -2.02. The first-order valence-corrected chi connectivity index (χ1v) is 4.92. The molecule has 0 aliphatic heterocycles. The van der Waals surface area contributed by atoms with Crippen molar-refractivity contribution in [2.45, 2.75) is 6.92 Å².